The van der Waals surface area contributed by atoms with Gasteiger partial charge in [0.15, 0.2) is 0 Å². The molecule has 0 radical (unpaired) electrons. The molecule has 9 heteroatoms. The fourth-order valence-electron chi connectivity index (χ4n) is 4.72. The van der Waals surface area contributed by atoms with E-state index in [1.807, 2.05) is 24.8 Å². The number of methoxy groups -OCH3 is 1. The first-order chi connectivity index (χ1) is 16.6. The minimum atomic E-state index is -0.197. The number of benzene rings is 1. The van der Waals surface area contributed by atoms with Gasteiger partial charge in [-0.2, -0.15) is 0 Å². The molecule has 3 amide bonds. The molecule has 2 aliphatic rings. The standard InChI is InChI=1S/C26H39ClN4O4/c1-18(2)25(33)30-15-21(16-30)26(34)29-12-11-28(19(3)4)9-6-10-31(24(32)17-35-5)23-13-22(27)8-7-20(23)14-29/h7-8,13,18-19,21H,6,9-12,14-17H2,1-5H3. The number of carbonyl (C=O) groups is 3. The van der Waals surface area contributed by atoms with Crippen LogP contribution >= 0.6 is 11.6 Å². The summed E-state index contributed by atoms with van der Waals surface area (Å²) in [6.07, 6.45) is 0.794. The molecular formula is C26H39ClN4O4. The first-order valence-corrected chi connectivity index (χ1v) is 12.9. The number of fused-ring (bicyclic) bond motifs is 1. The number of hydrogen-bond acceptors (Lipinski definition) is 5. The molecule has 0 atom stereocenters. The van der Waals surface area contributed by atoms with E-state index in [0.717, 1.165) is 30.8 Å². The van der Waals surface area contributed by atoms with E-state index in [4.69, 9.17) is 16.3 Å². The van der Waals surface area contributed by atoms with E-state index in [1.54, 1.807) is 21.9 Å². The average Bonchev–Trinajstić information content (AvgIpc) is 2.80. The zero-order valence-electron chi connectivity index (χ0n) is 21.6. The van der Waals surface area contributed by atoms with Gasteiger partial charge in [0.2, 0.25) is 11.8 Å². The first kappa shape index (κ1) is 27.4. The Morgan fingerprint density at radius 2 is 1.74 bits per heavy atom. The fourth-order valence-corrected chi connectivity index (χ4v) is 4.89. The maximum Gasteiger partial charge on any atom is 0.252 e. The zero-order valence-corrected chi connectivity index (χ0v) is 22.4. The third-order valence-electron chi connectivity index (χ3n) is 6.83. The number of halogens is 1. The van der Waals surface area contributed by atoms with Crippen molar-refractivity contribution in [3.63, 3.8) is 0 Å². The predicted octanol–water partition coefficient (Wildman–Crippen LogP) is 2.88. The largest absolute Gasteiger partial charge is 0.375 e. The van der Waals surface area contributed by atoms with E-state index in [0.29, 0.717) is 43.8 Å². The predicted molar refractivity (Wildman–Crippen MR) is 137 cm³/mol. The Bertz CT molecular complexity index is 917. The van der Waals surface area contributed by atoms with Crippen LogP contribution in [0.5, 0.6) is 0 Å². The van der Waals surface area contributed by atoms with Gasteiger partial charge >= 0.3 is 0 Å². The van der Waals surface area contributed by atoms with Crippen LogP contribution in [0.4, 0.5) is 5.69 Å². The van der Waals surface area contributed by atoms with E-state index in [-0.39, 0.29) is 36.2 Å². The Morgan fingerprint density at radius 3 is 2.37 bits per heavy atom. The van der Waals surface area contributed by atoms with Crippen molar-refractivity contribution >= 4 is 35.0 Å². The number of hydrogen-bond donors (Lipinski definition) is 0. The molecule has 1 aromatic rings. The highest BCUT2D eigenvalue weighted by Crippen LogP contribution is 2.29. The highest BCUT2D eigenvalue weighted by atomic mass is 35.5. The molecule has 35 heavy (non-hydrogen) atoms. The summed E-state index contributed by atoms with van der Waals surface area (Å²) in [7, 11) is 1.51. The number of anilines is 1. The van der Waals surface area contributed by atoms with Crippen LogP contribution in [0.2, 0.25) is 5.02 Å². The Hall–Kier alpha value is -2.16. The Morgan fingerprint density at radius 1 is 1.03 bits per heavy atom. The van der Waals surface area contributed by atoms with Crippen molar-refractivity contribution in [2.75, 3.05) is 57.9 Å². The van der Waals surface area contributed by atoms with Crippen LogP contribution in [0, 0.1) is 11.8 Å². The number of likely N-dealkylation sites (tertiary alicyclic amines) is 1. The summed E-state index contributed by atoms with van der Waals surface area (Å²) in [5.41, 5.74) is 1.60. The van der Waals surface area contributed by atoms with Crippen molar-refractivity contribution in [2.24, 2.45) is 11.8 Å². The molecule has 194 valence electrons. The average molecular weight is 507 g/mol. The summed E-state index contributed by atoms with van der Waals surface area (Å²) >= 11 is 6.34. The van der Waals surface area contributed by atoms with Crippen molar-refractivity contribution in [3.05, 3.63) is 28.8 Å². The van der Waals surface area contributed by atoms with Crippen molar-refractivity contribution in [2.45, 2.75) is 46.7 Å². The molecule has 1 aromatic carbocycles. The Labute approximate surface area is 214 Å². The normalized spacial score (nSPS) is 18.3. The first-order valence-electron chi connectivity index (χ1n) is 12.5. The fraction of sp³-hybridized carbons (Fsp3) is 0.654. The van der Waals surface area contributed by atoms with Crippen molar-refractivity contribution in [3.8, 4) is 0 Å². The van der Waals surface area contributed by atoms with Crippen LogP contribution in [0.25, 0.3) is 0 Å². The van der Waals surface area contributed by atoms with Crippen molar-refractivity contribution in [1.29, 1.82) is 0 Å². The van der Waals surface area contributed by atoms with E-state index >= 15 is 0 Å². The van der Waals surface area contributed by atoms with Crippen LogP contribution < -0.4 is 4.90 Å². The molecule has 0 saturated carbocycles. The molecule has 0 unspecified atom stereocenters. The summed E-state index contributed by atoms with van der Waals surface area (Å²) < 4.78 is 5.14. The maximum atomic E-state index is 13.6. The number of nitrogens with zero attached hydrogens (tertiary/aromatic N) is 4. The number of amides is 3. The monoisotopic (exact) mass is 506 g/mol. The van der Waals surface area contributed by atoms with Crippen LogP contribution in [0.3, 0.4) is 0 Å². The topological polar surface area (TPSA) is 73.4 Å². The number of ether oxygens (including phenoxy) is 1. The third-order valence-corrected chi connectivity index (χ3v) is 7.07. The lowest BCUT2D eigenvalue weighted by molar-refractivity contribution is -0.150. The Kier molecular flexibility index (Phi) is 9.55. The highest BCUT2D eigenvalue weighted by Gasteiger charge is 2.39. The zero-order chi connectivity index (χ0) is 25.7. The van der Waals surface area contributed by atoms with Gasteiger partial charge in [-0.1, -0.05) is 31.5 Å². The lowest BCUT2D eigenvalue weighted by atomic mass is 9.96. The van der Waals surface area contributed by atoms with Gasteiger partial charge in [0.05, 0.1) is 11.6 Å². The van der Waals surface area contributed by atoms with E-state index in [1.165, 1.54) is 7.11 Å². The highest BCUT2D eigenvalue weighted by molar-refractivity contribution is 6.31. The van der Waals surface area contributed by atoms with Crippen LogP contribution in [0.1, 0.15) is 39.7 Å². The molecular weight excluding hydrogens is 468 g/mol. The quantitative estimate of drug-likeness (QED) is 0.614. The maximum absolute atomic E-state index is 13.6. The van der Waals surface area contributed by atoms with Gasteiger partial charge in [0.25, 0.3) is 5.91 Å². The molecule has 2 heterocycles. The van der Waals surface area contributed by atoms with E-state index in [2.05, 4.69) is 18.7 Å². The molecule has 0 spiro atoms. The van der Waals surface area contributed by atoms with E-state index in [9.17, 15) is 14.4 Å². The lowest BCUT2D eigenvalue weighted by Gasteiger charge is -2.42. The van der Waals surface area contributed by atoms with Crippen LogP contribution in [-0.2, 0) is 25.7 Å². The number of carbonyl (C=O) groups excluding carboxylic acids is 3. The van der Waals surface area contributed by atoms with Crippen LogP contribution in [-0.4, -0.2) is 91.4 Å². The number of rotatable bonds is 5. The van der Waals surface area contributed by atoms with Crippen molar-refractivity contribution in [1.82, 2.24) is 14.7 Å². The smallest absolute Gasteiger partial charge is 0.252 e. The summed E-state index contributed by atoms with van der Waals surface area (Å²) in [6.45, 7) is 12.0. The molecule has 0 aliphatic carbocycles. The summed E-state index contributed by atoms with van der Waals surface area (Å²) in [4.78, 5) is 46.6. The second kappa shape index (κ2) is 12.2. The second-order valence-corrected chi connectivity index (χ2v) is 10.5. The summed E-state index contributed by atoms with van der Waals surface area (Å²) in [5, 5.41) is 0.539. The van der Waals surface area contributed by atoms with Crippen molar-refractivity contribution < 1.29 is 19.1 Å². The SMILES string of the molecule is COCC(=O)N1CCCN(C(C)C)CCN(C(=O)C2CN(C(=O)C(C)C)C2)Cc2ccc(Cl)cc21. The van der Waals surface area contributed by atoms with Gasteiger partial charge in [-0.05, 0) is 38.0 Å². The van der Waals surface area contributed by atoms with Gasteiger partial charge in [-0.15, -0.1) is 0 Å². The molecule has 3 rings (SSSR count). The summed E-state index contributed by atoms with van der Waals surface area (Å²) in [6, 6.07) is 5.82. The van der Waals surface area contributed by atoms with Gasteiger partial charge in [-0.3, -0.25) is 19.3 Å². The third kappa shape index (κ3) is 6.74. The second-order valence-electron chi connectivity index (χ2n) is 10.1. The molecule has 0 N–H and O–H groups in total. The van der Waals surface area contributed by atoms with Gasteiger partial charge in [0, 0.05) is 69.9 Å². The molecule has 1 saturated heterocycles. The molecule has 1 fully saturated rings. The minimum Gasteiger partial charge on any atom is -0.375 e. The van der Waals surface area contributed by atoms with Gasteiger partial charge in [-0.25, -0.2) is 0 Å². The van der Waals surface area contributed by atoms with Gasteiger partial charge < -0.3 is 19.4 Å². The molecule has 8 nitrogen and oxygen atoms in total. The Balaban J connectivity index is 1.90. The summed E-state index contributed by atoms with van der Waals surface area (Å²) in [5.74, 6) is -0.264. The lowest BCUT2D eigenvalue weighted by Crippen LogP contribution is -2.57. The molecule has 0 bridgehead atoms. The molecule has 0 aromatic heterocycles. The van der Waals surface area contributed by atoms with E-state index < -0.39 is 0 Å². The van der Waals surface area contributed by atoms with Crippen LogP contribution in [0.15, 0.2) is 18.2 Å². The minimum absolute atomic E-state index is 0.0235. The van der Waals surface area contributed by atoms with Gasteiger partial charge in [0.1, 0.15) is 6.61 Å². The molecule has 2 aliphatic heterocycles.